The highest BCUT2D eigenvalue weighted by Gasteiger charge is 2.25. The van der Waals surface area contributed by atoms with E-state index in [0.29, 0.717) is 17.8 Å². The fourth-order valence-electron chi connectivity index (χ4n) is 2.56. The number of hydrogen-bond acceptors (Lipinski definition) is 3. The fourth-order valence-corrected chi connectivity index (χ4v) is 2.56. The van der Waals surface area contributed by atoms with Gasteiger partial charge in [-0.3, -0.25) is 9.59 Å². The zero-order valence-corrected chi connectivity index (χ0v) is 13.8. The second-order valence-electron chi connectivity index (χ2n) is 5.90. The van der Waals surface area contributed by atoms with Crippen molar-refractivity contribution in [3.63, 3.8) is 0 Å². The van der Waals surface area contributed by atoms with Crippen LogP contribution in [0.3, 0.4) is 0 Å². The molecule has 1 N–H and O–H groups in total. The number of amides is 2. The van der Waals surface area contributed by atoms with Gasteiger partial charge in [0, 0.05) is 19.4 Å². The van der Waals surface area contributed by atoms with Crippen LogP contribution in [0.15, 0.2) is 53.6 Å². The molecule has 5 nitrogen and oxygen atoms in total. The molecular weight excluding hydrogens is 321 g/mol. The highest BCUT2D eigenvalue weighted by Crippen LogP contribution is 2.21. The number of aryl methyl sites for hydroxylation is 1. The lowest BCUT2D eigenvalue weighted by Gasteiger charge is -2.23. The lowest BCUT2D eigenvalue weighted by atomic mass is 10.1. The van der Waals surface area contributed by atoms with Gasteiger partial charge < -0.3 is 5.32 Å². The molecule has 25 heavy (non-hydrogen) atoms. The smallest absolute Gasteiger partial charge is 0.267 e. The van der Waals surface area contributed by atoms with Gasteiger partial charge in [0.1, 0.15) is 11.5 Å². The number of carbonyl (C=O) groups is 2. The summed E-state index contributed by atoms with van der Waals surface area (Å²) in [7, 11) is 0. The van der Waals surface area contributed by atoms with Crippen molar-refractivity contribution >= 4 is 23.2 Å². The third-order valence-corrected chi connectivity index (χ3v) is 3.91. The van der Waals surface area contributed by atoms with Gasteiger partial charge >= 0.3 is 0 Å². The number of halogens is 1. The van der Waals surface area contributed by atoms with Crippen LogP contribution < -0.4 is 10.3 Å². The van der Waals surface area contributed by atoms with E-state index in [-0.39, 0.29) is 30.6 Å². The summed E-state index contributed by atoms with van der Waals surface area (Å²) in [6.07, 6.45) is 0.535. The largest absolute Gasteiger partial charge is 0.347 e. The molecule has 0 saturated heterocycles. The number of hydrazone groups is 1. The number of nitrogens with one attached hydrogen (secondary N) is 1. The van der Waals surface area contributed by atoms with E-state index in [1.807, 2.05) is 25.1 Å². The van der Waals surface area contributed by atoms with Crippen molar-refractivity contribution in [2.45, 2.75) is 26.3 Å². The maximum absolute atomic E-state index is 12.9. The molecule has 0 bridgehead atoms. The van der Waals surface area contributed by atoms with Crippen LogP contribution in [-0.2, 0) is 16.1 Å². The summed E-state index contributed by atoms with van der Waals surface area (Å²) >= 11 is 0. The van der Waals surface area contributed by atoms with E-state index >= 15 is 0 Å². The van der Waals surface area contributed by atoms with Crippen molar-refractivity contribution in [1.29, 1.82) is 0 Å². The quantitative estimate of drug-likeness (QED) is 0.931. The van der Waals surface area contributed by atoms with E-state index in [2.05, 4.69) is 10.4 Å². The van der Waals surface area contributed by atoms with Gasteiger partial charge in [0.2, 0.25) is 5.91 Å². The molecular formula is C19H18FN3O2. The van der Waals surface area contributed by atoms with Crippen LogP contribution in [0.2, 0.25) is 0 Å². The first-order valence-corrected chi connectivity index (χ1v) is 8.02. The Morgan fingerprint density at radius 1 is 1.20 bits per heavy atom. The number of carbonyl (C=O) groups excluding carboxylic acids is 2. The number of benzene rings is 2. The third kappa shape index (κ3) is 4.09. The summed E-state index contributed by atoms with van der Waals surface area (Å²) in [6, 6.07) is 13.3. The maximum Gasteiger partial charge on any atom is 0.267 e. The standard InChI is InChI=1S/C19H18FN3O2/c1-13-3-2-4-16(11-13)23-18(24)10-9-17(22-23)19(25)21-12-14-5-7-15(20)8-6-14/h2-8,11H,9-10,12H2,1H3,(H,21,25). The summed E-state index contributed by atoms with van der Waals surface area (Å²) in [5.74, 6) is -0.783. The summed E-state index contributed by atoms with van der Waals surface area (Å²) < 4.78 is 12.9. The SMILES string of the molecule is Cc1cccc(N2N=C(C(=O)NCc3ccc(F)cc3)CCC2=O)c1. The molecule has 1 heterocycles. The van der Waals surface area contributed by atoms with Crippen LogP contribution in [0.25, 0.3) is 0 Å². The summed E-state index contributed by atoms with van der Waals surface area (Å²) in [5, 5.41) is 8.27. The first-order chi connectivity index (χ1) is 12.0. The van der Waals surface area contributed by atoms with Gasteiger partial charge in [-0.05, 0) is 42.3 Å². The first-order valence-electron chi connectivity index (χ1n) is 8.02. The molecule has 6 heteroatoms. The van der Waals surface area contributed by atoms with Crippen LogP contribution in [0.5, 0.6) is 0 Å². The van der Waals surface area contributed by atoms with E-state index in [4.69, 9.17) is 0 Å². The molecule has 2 aromatic rings. The molecule has 2 aromatic carbocycles. The average Bonchev–Trinajstić information content (AvgIpc) is 2.61. The van der Waals surface area contributed by atoms with Gasteiger partial charge in [-0.25, -0.2) is 9.40 Å². The third-order valence-electron chi connectivity index (χ3n) is 3.91. The van der Waals surface area contributed by atoms with Gasteiger partial charge in [0.25, 0.3) is 5.91 Å². The Morgan fingerprint density at radius 2 is 1.96 bits per heavy atom. The molecule has 0 radical (unpaired) electrons. The number of anilines is 1. The molecule has 0 spiro atoms. The minimum absolute atomic E-state index is 0.138. The number of nitrogens with zero attached hydrogens (tertiary/aromatic N) is 2. The molecule has 0 aliphatic carbocycles. The minimum atomic E-state index is -0.325. The lowest BCUT2D eigenvalue weighted by Crippen LogP contribution is -2.38. The van der Waals surface area contributed by atoms with Gasteiger partial charge in [0.15, 0.2) is 0 Å². The first kappa shape index (κ1) is 16.8. The lowest BCUT2D eigenvalue weighted by molar-refractivity contribution is -0.119. The number of rotatable bonds is 4. The molecule has 2 amide bonds. The van der Waals surface area contributed by atoms with Crippen LogP contribution in [0, 0.1) is 12.7 Å². The van der Waals surface area contributed by atoms with Crippen LogP contribution >= 0.6 is 0 Å². The molecule has 0 fully saturated rings. The van der Waals surface area contributed by atoms with Crippen LogP contribution in [-0.4, -0.2) is 17.5 Å². The zero-order valence-electron chi connectivity index (χ0n) is 13.8. The molecule has 0 atom stereocenters. The van der Waals surface area contributed by atoms with E-state index in [1.165, 1.54) is 17.1 Å². The minimum Gasteiger partial charge on any atom is -0.347 e. The Balaban J connectivity index is 1.72. The Morgan fingerprint density at radius 3 is 2.68 bits per heavy atom. The monoisotopic (exact) mass is 339 g/mol. The predicted octanol–water partition coefficient (Wildman–Crippen LogP) is 2.93. The van der Waals surface area contributed by atoms with Crippen molar-refractivity contribution in [2.24, 2.45) is 5.10 Å². The topological polar surface area (TPSA) is 61.8 Å². The van der Waals surface area contributed by atoms with Gasteiger partial charge in [-0.2, -0.15) is 5.10 Å². The second kappa shape index (κ2) is 7.25. The molecule has 1 aliphatic heterocycles. The van der Waals surface area contributed by atoms with Crippen molar-refractivity contribution in [3.8, 4) is 0 Å². The van der Waals surface area contributed by atoms with Gasteiger partial charge in [-0.1, -0.05) is 24.3 Å². The Labute approximate surface area is 145 Å². The average molecular weight is 339 g/mol. The second-order valence-corrected chi connectivity index (χ2v) is 5.90. The molecule has 128 valence electrons. The van der Waals surface area contributed by atoms with Crippen molar-refractivity contribution in [2.75, 3.05) is 5.01 Å². The van der Waals surface area contributed by atoms with Crippen LogP contribution in [0.4, 0.5) is 10.1 Å². The zero-order chi connectivity index (χ0) is 17.8. The van der Waals surface area contributed by atoms with E-state index in [9.17, 15) is 14.0 Å². The highest BCUT2D eigenvalue weighted by atomic mass is 19.1. The van der Waals surface area contributed by atoms with E-state index in [0.717, 1.165) is 11.1 Å². The summed E-state index contributed by atoms with van der Waals surface area (Å²) in [5.41, 5.74) is 2.75. The van der Waals surface area contributed by atoms with Crippen molar-refractivity contribution in [1.82, 2.24) is 5.32 Å². The maximum atomic E-state index is 12.9. The fraction of sp³-hybridized carbons (Fsp3) is 0.211. The van der Waals surface area contributed by atoms with Crippen LogP contribution in [0.1, 0.15) is 24.0 Å². The van der Waals surface area contributed by atoms with E-state index < -0.39 is 0 Å². The molecule has 0 aromatic heterocycles. The van der Waals surface area contributed by atoms with Crippen molar-refractivity contribution in [3.05, 3.63) is 65.5 Å². The summed E-state index contributed by atoms with van der Waals surface area (Å²) in [6.45, 7) is 2.20. The molecule has 3 rings (SSSR count). The summed E-state index contributed by atoms with van der Waals surface area (Å²) in [4.78, 5) is 24.5. The Bertz CT molecular complexity index is 831. The highest BCUT2D eigenvalue weighted by molar-refractivity contribution is 6.40. The molecule has 1 aliphatic rings. The molecule has 0 saturated carbocycles. The Kier molecular flexibility index (Phi) is 4.88. The van der Waals surface area contributed by atoms with Gasteiger partial charge in [0.05, 0.1) is 5.69 Å². The number of hydrogen-bond donors (Lipinski definition) is 1. The molecule has 0 unspecified atom stereocenters. The predicted molar refractivity (Wildman–Crippen MR) is 93.6 cm³/mol. The van der Waals surface area contributed by atoms with E-state index in [1.54, 1.807) is 18.2 Å². The van der Waals surface area contributed by atoms with Gasteiger partial charge in [-0.15, -0.1) is 0 Å². The van der Waals surface area contributed by atoms with Crippen molar-refractivity contribution < 1.29 is 14.0 Å². The normalized spacial score (nSPS) is 14.2. The Hall–Kier alpha value is -3.02.